The van der Waals surface area contributed by atoms with Crippen molar-refractivity contribution in [3.05, 3.63) is 87.6 Å². The van der Waals surface area contributed by atoms with Crippen molar-refractivity contribution in [3.63, 3.8) is 0 Å². The lowest BCUT2D eigenvalue weighted by atomic mass is 9.96. The van der Waals surface area contributed by atoms with Gasteiger partial charge in [0.1, 0.15) is 28.1 Å². The molecule has 1 atom stereocenters. The lowest BCUT2D eigenvalue weighted by Crippen LogP contribution is -2.29. The van der Waals surface area contributed by atoms with Gasteiger partial charge in [0.05, 0.1) is 24.1 Å². The van der Waals surface area contributed by atoms with Crippen molar-refractivity contribution in [2.45, 2.75) is 19.9 Å². The Hall–Kier alpha value is -4.38. The first-order valence-electron chi connectivity index (χ1n) is 10.8. The van der Waals surface area contributed by atoms with Crippen LogP contribution in [0.5, 0.6) is 0 Å². The van der Waals surface area contributed by atoms with E-state index in [1.165, 1.54) is 25.3 Å². The van der Waals surface area contributed by atoms with E-state index in [1.54, 1.807) is 48.7 Å². The fraction of sp³-hybridized carbons (Fsp3) is 0.160. The number of aliphatic hydroxyl groups excluding tert-OH is 1. The number of ketones is 1. The maximum Gasteiger partial charge on any atom is 0.350 e. The molecule has 4 heterocycles. The second-order valence-corrected chi connectivity index (χ2v) is 9.05. The van der Waals surface area contributed by atoms with Crippen LogP contribution in [0.3, 0.4) is 0 Å². The second-order valence-electron chi connectivity index (χ2n) is 8.07. The Morgan fingerprint density at radius 3 is 2.53 bits per heavy atom. The number of halogens is 1. The molecular formula is C25H19FN4O5S. The van der Waals surface area contributed by atoms with Crippen molar-refractivity contribution in [1.29, 1.82) is 0 Å². The number of aromatic nitrogens is 3. The number of anilines is 1. The number of aryl methyl sites for hydroxylation is 2. The van der Waals surface area contributed by atoms with Crippen LogP contribution in [0.15, 0.2) is 54.2 Å². The van der Waals surface area contributed by atoms with Crippen molar-refractivity contribution >= 4 is 45.5 Å². The zero-order valence-electron chi connectivity index (χ0n) is 19.4. The van der Waals surface area contributed by atoms with E-state index < -0.39 is 35.3 Å². The molecule has 0 spiro atoms. The number of Topliss-reactive ketones (excluding diaryl/α,β-unsaturated/α-hetero) is 1. The molecule has 1 aromatic carbocycles. The maximum atomic E-state index is 15.1. The van der Waals surface area contributed by atoms with Gasteiger partial charge in [0, 0.05) is 11.8 Å². The van der Waals surface area contributed by atoms with Gasteiger partial charge in [0.25, 0.3) is 5.78 Å². The van der Waals surface area contributed by atoms with Crippen LogP contribution in [0.1, 0.15) is 38.4 Å². The average molecular weight is 507 g/mol. The van der Waals surface area contributed by atoms with Gasteiger partial charge in [-0.2, -0.15) is 0 Å². The molecule has 5 rings (SSSR count). The first-order valence-corrected chi connectivity index (χ1v) is 11.6. The Morgan fingerprint density at radius 2 is 1.81 bits per heavy atom. The van der Waals surface area contributed by atoms with Gasteiger partial charge < -0.3 is 9.84 Å². The van der Waals surface area contributed by atoms with E-state index >= 15 is 4.39 Å². The van der Waals surface area contributed by atoms with E-state index in [0.717, 1.165) is 16.2 Å². The van der Waals surface area contributed by atoms with Gasteiger partial charge in [0.2, 0.25) is 0 Å². The zero-order chi connectivity index (χ0) is 25.7. The number of thiazole rings is 1. The molecular weight excluding hydrogens is 487 g/mol. The minimum atomic E-state index is -1.34. The number of aliphatic hydroxyl groups is 1. The van der Waals surface area contributed by atoms with Crippen LogP contribution in [0, 0.1) is 19.7 Å². The Bertz CT molecular complexity index is 1600. The highest BCUT2D eigenvalue weighted by Gasteiger charge is 2.49. The van der Waals surface area contributed by atoms with E-state index in [4.69, 9.17) is 4.74 Å². The summed E-state index contributed by atoms with van der Waals surface area (Å²) >= 11 is 0.839. The lowest BCUT2D eigenvalue weighted by molar-refractivity contribution is -0.132. The summed E-state index contributed by atoms with van der Waals surface area (Å²) in [6, 6.07) is 9.54. The third-order valence-electron chi connectivity index (χ3n) is 5.93. The fourth-order valence-corrected chi connectivity index (χ4v) is 5.33. The minimum Gasteiger partial charge on any atom is -0.505 e. The van der Waals surface area contributed by atoms with Crippen LogP contribution >= 0.6 is 11.3 Å². The Kier molecular flexibility index (Phi) is 5.64. The predicted octanol–water partition coefficient (Wildman–Crippen LogP) is 3.96. The number of benzene rings is 1. The zero-order valence-corrected chi connectivity index (χ0v) is 20.2. The number of nitrogens with zero attached hydrogens (tertiary/aromatic N) is 4. The molecule has 0 aliphatic carbocycles. The highest BCUT2D eigenvalue weighted by Crippen LogP contribution is 2.44. The summed E-state index contributed by atoms with van der Waals surface area (Å²) in [5.41, 5.74) is 1.09. The number of hydrogen-bond donors (Lipinski definition) is 1. The Morgan fingerprint density at radius 1 is 1.08 bits per heavy atom. The molecule has 4 aromatic rings. The van der Waals surface area contributed by atoms with E-state index in [1.807, 2.05) is 0 Å². The number of ether oxygens (including phenoxy) is 1. The van der Waals surface area contributed by atoms with Gasteiger partial charge in [-0.3, -0.25) is 18.9 Å². The van der Waals surface area contributed by atoms with Crippen molar-refractivity contribution in [2.75, 3.05) is 12.0 Å². The van der Waals surface area contributed by atoms with Gasteiger partial charge >= 0.3 is 11.9 Å². The van der Waals surface area contributed by atoms with Crippen molar-refractivity contribution in [1.82, 2.24) is 14.4 Å². The molecule has 0 radical (unpaired) electrons. The average Bonchev–Trinajstić information content (AvgIpc) is 3.49. The second kappa shape index (κ2) is 8.68. The van der Waals surface area contributed by atoms with E-state index in [0.29, 0.717) is 11.3 Å². The minimum absolute atomic E-state index is 0.00262. The van der Waals surface area contributed by atoms with Crippen LogP contribution in [-0.2, 0) is 14.3 Å². The first-order chi connectivity index (χ1) is 17.2. The number of methoxy groups -OCH3 is 1. The summed E-state index contributed by atoms with van der Waals surface area (Å²) in [6.07, 6.45) is 1.66. The van der Waals surface area contributed by atoms with Gasteiger partial charge in [-0.1, -0.05) is 35.6 Å². The van der Waals surface area contributed by atoms with Crippen LogP contribution < -0.4 is 4.90 Å². The largest absolute Gasteiger partial charge is 0.505 e. The molecule has 11 heteroatoms. The SMILES string of the molecule is COC(=O)c1sc(N2C(=O)C(=O)/C(=C(/O)c3c(C)nc4ccccn34)C2c2ccccc2F)nc1C. The van der Waals surface area contributed by atoms with Crippen molar-refractivity contribution < 1.29 is 28.6 Å². The summed E-state index contributed by atoms with van der Waals surface area (Å²) in [5.74, 6) is -3.87. The number of carbonyl (C=O) groups excluding carboxylic acids is 3. The molecule has 9 nitrogen and oxygen atoms in total. The standard InChI is InChI=1S/C25H19FN4O5S/c1-12-18(29-11-7-6-10-16(29)27-12)20(31)17-19(14-8-4-5-9-15(14)26)30(23(33)21(17)32)25-28-13(2)22(36-25)24(34)35-3/h4-11,19,31H,1-3H3/b20-17+. The van der Waals surface area contributed by atoms with Crippen LogP contribution in [0.2, 0.25) is 0 Å². The summed E-state index contributed by atoms with van der Waals surface area (Å²) in [6.45, 7) is 3.21. The summed E-state index contributed by atoms with van der Waals surface area (Å²) in [5, 5.41) is 11.5. The van der Waals surface area contributed by atoms with E-state index in [2.05, 4.69) is 9.97 Å². The smallest absolute Gasteiger partial charge is 0.350 e. The summed E-state index contributed by atoms with van der Waals surface area (Å²) in [4.78, 5) is 48.7. The molecule has 1 N–H and O–H groups in total. The van der Waals surface area contributed by atoms with Gasteiger partial charge in [-0.25, -0.2) is 19.2 Å². The van der Waals surface area contributed by atoms with Crippen LogP contribution in [-0.4, -0.2) is 44.2 Å². The summed E-state index contributed by atoms with van der Waals surface area (Å²) in [7, 11) is 1.21. The number of imidazole rings is 1. The van der Waals surface area contributed by atoms with E-state index in [9.17, 15) is 19.5 Å². The van der Waals surface area contributed by atoms with Gasteiger partial charge in [-0.05, 0) is 32.0 Å². The number of hydrogen-bond acceptors (Lipinski definition) is 8. The van der Waals surface area contributed by atoms with Gasteiger partial charge in [0.15, 0.2) is 10.9 Å². The third kappa shape index (κ3) is 3.47. The molecule has 3 aromatic heterocycles. The fourth-order valence-electron chi connectivity index (χ4n) is 4.31. The number of esters is 1. The molecule has 1 aliphatic rings. The quantitative estimate of drug-likeness (QED) is 0.193. The van der Waals surface area contributed by atoms with Crippen LogP contribution in [0.25, 0.3) is 11.4 Å². The third-order valence-corrected chi connectivity index (χ3v) is 7.07. The lowest BCUT2D eigenvalue weighted by Gasteiger charge is -2.23. The monoisotopic (exact) mass is 506 g/mol. The number of pyridine rings is 1. The first kappa shape index (κ1) is 23.4. The van der Waals surface area contributed by atoms with Gasteiger partial charge in [-0.15, -0.1) is 0 Å². The normalized spacial score (nSPS) is 17.2. The summed E-state index contributed by atoms with van der Waals surface area (Å²) < 4.78 is 21.5. The van der Waals surface area contributed by atoms with E-state index in [-0.39, 0.29) is 32.5 Å². The number of fused-ring (bicyclic) bond motifs is 1. The molecule has 1 saturated heterocycles. The van der Waals surface area contributed by atoms with Crippen molar-refractivity contribution in [2.24, 2.45) is 0 Å². The predicted molar refractivity (Wildman–Crippen MR) is 129 cm³/mol. The Labute approximate surface area is 208 Å². The molecule has 0 saturated carbocycles. The molecule has 1 fully saturated rings. The topological polar surface area (TPSA) is 114 Å². The maximum absolute atomic E-state index is 15.1. The molecule has 1 unspecified atom stereocenters. The molecule has 182 valence electrons. The molecule has 1 aliphatic heterocycles. The highest BCUT2D eigenvalue weighted by molar-refractivity contribution is 7.17. The number of carbonyl (C=O) groups is 3. The Balaban J connectivity index is 1.78. The molecule has 36 heavy (non-hydrogen) atoms. The number of rotatable bonds is 4. The highest BCUT2D eigenvalue weighted by atomic mass is 32.1. The molecule has 0 bridgehead atoms. The van der Waals surface area contributed by atoms with Crippen molar-refractivity contribution in [3.8, 4) is 0 Å². The molecule has 1 amide bonds. The van der Waals surface area contributed by atoms with Crippen LogP contribution in [0.4, 0.5) is 9.52 Å². The number of amides is 1.